The zero-order chi connectivity index (χ0) is 12.0. The highest BCUT2D eigenvalue weighted by atomic mass is 16.6. The van der Waals surface area contributed by atoms with E-state index in [1.807, 2.05) is 20.8 Å². The molecular formula is C12H21NO3. The minimum atomic E-state index is -0.421. The number of aliphatic hydroxyl groups excluding tert-OH is 1. The van der Waals surface area contributed by atoms with Gasteiger partial charge < -0.3 is 14.7 Å². The SMILES string of the molecule is CC(C)(C)OC(=O)N1CC2(CC[C@@H]2CO)C1. The number of carbonyl (C=O) groups is 1. The molecular weight excluding hydrogens is 206 g/mol. The summed E-state index contributed by atoms with van der Waals surface area (Å²) in [6.07, 6.45) is 2.01. The van der Waals surface area contributed by atoms with Crippen LogP contribution in [0.2, 0.25) is 0 Å². The van der Waals surface area contributed by atoms with Gasteiger partial charge >= 0.3 is 6.09 Å². The molecule has 1 amide bonds. The first kappa shape index (κ1) is 11.7. The average molecular weight is 227 g/mol. The van der Waals surface area contributed by atoms with Gasteiger partial charge in [0.05, 0.1) is 0 Å². The molecule has 0 aromatic rings. The Balaban J connectivity index is 1.82. The average Bonchev–Trinajstić information content (AvgIpc) is 1.96. The number of rotatable bonds is 1. The lowest BCUT2D eigenvalue weighted by molar-refractivity contribution is -0.125. The van der Waals surface area contributed by atoms with Crippen molar-refractivity contribution in [2.75, 3.05) is 19.7 Å². The number of amides is 1. The Morgan fingerprint density at radius 1 is 1.50 bits per heavy atom. The largest absolute Gasteiger partial charge is 0.444 e. The van der Waals surface area contributed by atoms with E-state index in [0.717, 1.165) is 25.9 Å². The number of carbonyl (C=O) groups excluding carboxylic acids is 1. The van der Waals surface area contributed by atoms with Crippen molar-refractivity contribution >= 4 is 6.09 Å². The van der Waals surface area contributed by atoms with Gasteiger partial charge in [-0.2, -0.15) is 0 Å². The van der Waals surface area contributed by atoms with E-state index in [1.165, 1.54) is 0 Å². The molecule has 1 spiro atoms. The van der Waals surface area contributed by atoms with Gasteiger partial charge in [-0.15, -0.1) is 0 Å². The molecule has 0 unspecified atom stereocenters. The topological polar surface area (TPSA) is 49.8 Å². The van der Waals surface area contributed by atoms with Crippen LogP contribution in [0.5, 0.6) is 0 Å². The van der Waals surface area contributed by atoms with Crippen LogP contribution in [-0.2, 0) is 4.74 Å². The highest BCUT2D eigenvalue weighted by molar-refractivity contribution is 5.69. The van der Waals surface area contributed by atoms with Crippen LogP contribution < -0.4 is 0 Å². The Morgan fingerprint density at radius 3 is 2.50 bits per heavy atom. The number of nitrogens with zero attached hydrogens (tertiary/aromatic N) is 1. The molecule has 1 atom stereocenters. The maximum Gasteiger partial charge on any atom is 0.410 e. The zero-order valence-electron chi connectivity index (χ0n) is 10.3. The van der Waals surface area contributed by atoms with Gasteiger partial charge in [0.2, 0.25) is 0 Å². The smallest absolute Gasteiger partial charge is 0.410 e. The van der Waals surface area contributed by atoms with E-state index in [2.05, 4.69) is 0 Å². The molecule has 0 aromatic heterocycles. The van der Waals surface area contributed by atoms with Crippen molar-refractivity contribution in [2.24, 2.45) is 11.3 Å². The molecule has 0 aromatic carbocycles. The van der Waals surface area contributed by atoms with E-state index in [-0.39, 0.29) is 18.1 Å². The predicted octanol–water partition coefficient (Wildman–Crippen LogP) is 1.63. The van der Waals surface area contributed by atoms with E-state index in [4.69, 9.17) is 9.84 Å². The molecule has 1 heterocycles. The van der Waals surface area contributed by atoms with Crippen LogP contribution in [0.3, 0.4) is 0 Å². The Bertz CT molecular complexity index is 287. The fraction of sp³-hybridized carbons (Fsp3) is 0.917. The lowest BCUT2D eigenvalue weighted by atomic mass is 9.56. The summed E-state index contributed by atoms with van der Waals surface area (Å²) >= 11 is 0. The number of hydrogen-bond donors (Lipinski definition) is 1. The number of ether oxygens (including phenoxy) is 1. The summed E-state index contributed by atoms with van der Waals surface area (Å²) in [6.45, 7) is 7.39. The molecule has 1 saturated carbocycles. The van der Waals surface area contributed by atoms with E-state index in [1.54, 1.807) is 4.90 Å². The summed E-state index contributed by atoms with van der Waals surface area (Å²) in [6, 6.07) is 0. The molecule has 0 radical (unpaired) electrons. The van der Waals surface area contributed by atoms with Crippen LogP contribution in [0.1, 0.15) is 33.6 Å². The summed E-state index contributed by atoms with van der Waals surface area (Å²) in [5.74, 6) is 0.395. The zero-order valence-corrected chi connectivity index (χ0v) is 10.3. The second-order valence-corrected chi connectivity index (χ2v) is 6.12. The molecule has 2 fully saturated rings. The lowest BCUT2D eigenvalue weighted by Crippen LogP contribution is -2.66. The van der Waals surface area contributed by atoms with Gasteiger partial charge in [0, 0.05) is 25.1 Å². The highest BCUT2D eigenvalue weighted by Crippen LogP contribution is 2.52. The van der Waals surface area contributed by atoms with E-state index < -0.39 is 5.60 Å². The van der Waals surface area contributed by atoms with Crippen LogP contribution in [0, 0.1) is 11.3 Å². The minimum Gasteiger partial charge on any atom is -0.444 e. The molecule has 2 rings (SSSR count). The van der Waals surface area contributed by atoms with Gasteiger partial charge in [-0.25, -0.2) is 4.79 Å². The van der Waals surface area contributed by atoms with E-state index >= 15 is 0 Å². The van der Waals surface area contributed by atoms with Crippen LogP contribution in [-0.4, -0.2) is 41.4 Å². The summed E-state index contributed by atoms with van der Waals surface area (Å²) in [5, 5.41) is 9.16. The van der Waals surface area contributed by atoms with Crippen molar-refractivity contribution in [1.29, 1.82) is 0 Å². The molecule has 1 aliphatic carbocycles. The van der Waals surface area contributed by atoms with Gasteiger partial charge in [-0.1, -0.05) is 0 Å². The van der Waals surface area contributed by atoms with E-state index in [0.29, 0.717) is 5.92 Å². The minimum absolute atomic E-state index is 0.214. The van der Waals surface area contributed by atoms with E-state index in [9.17, 15) is 4.79 Å². The van der Waals surface area contributed by atoms with Gasteiger partial charge in [-0.05, 0) is 39.5 Å². The monoisotopic (exact) mass is 227 g/mol. The third kappa shape index (κ3) is 1.90. The number of aliphatic hydroxyl groups is 1. The molecule has 1 aliphatic heterocycles. The molecule has 92 valence electrons. The second-order valence-electron chi connectivity index (χ2n) is 6.12. The van der Waals surface area contributed by atoms with Crippen LogP contribution in [0.15, 0.2) is 0 Å². The lowest BCUT2D eigenvalue weighted by Gasteiger charge is -2.60. The maximum absolute atomic E-state index is 11.7. The fourth-order valence-corrected chi connectivity index (χ4v) is 2.63. The van der Waals surface area contributed by atoms with Crippen LogP contribution >= 0.6 is 0 Å². The Hall–Kier alpha value is -0.770. The summed E-state index contributed by atoms with van der Waals surface area (Å²) in [5.41, 5.74) is -0.207. The van der Waals surface area contributed by atoms with Crippen molar-refractivity contribution in [1.82, 2.24) is 4.90 Å². The Kier molecular flexibility index (Phi) is 2.65. The highest BCUT2D eigenvalue weighted by Gasteiger charge is 2.56. The van der Waals surface area contributed by atoms with Crippen LogP contribution in [0.4, 0.5) is 4.79 Å². The molecule has 1 N–H and O–H groups in total. The predicted molar refractivity (Wildman–Crippen MR) is 60.0 cm³/mol. The fourth-order valence-electron chi connectivity index (χ4n) is 2.63. The number of hydrogen-bond acceptors (Lipinski definition) is 3. The first-order chi connectivity index (χ1) is 7.36. The second kappa shape index (κ2) is 3.62. The van der Waals surface area contributed by atoms with Gasteiger partial charge in [-0.3, -0.25) is 0 Å². The molecule has 16 heavy (non-hydrogen) atoms. The van der Waals surface area contributed by atoms with Crippen molar-refractivity contribution < 1.29 is 14.6 Å². The maximum atomic E-state index is 11.7. The third-order valence-corrected chi connectivity index (χ3v) is 3.74. The molecule has 2 aliphatic rings. The van der Waals surface area contributed by atoms with Crippen molar-refractivity contribution in [3.63, 3.8) is 0 Å². The van der Waals surface area contributed by atoms with Crippen molar-refractivity contribution in [2.45, 2.75) is 39.2 Å². The third-order valence-electron chi connectivity index (χ3n) is 3.74. The molecule has 0 bridgehead atoms. The molecule has 4 nitrogen and oxygen atoms in total. The van der Waals surface area contributed by atoms with Gasteiger partial charge in [0.25, 0.3) is 0 Å². The number of likely N-dealkylation sites (tertiary alicyclic amines) is 1. The van der Waals surface area contributed by atoms with Gasteiger partial charge in [0.15, 0.2) is 0 Å². The first-order valence-electron chi connectivity index (χ1n) is 5.95. The standard InChI is InChI=1S/C12H21NO3/c1-11(2,3)16-10(15)13-7-12(8-13)5-4-9(12)6-14/h9,14H,4-8H2,1-3H3/t9-/m1/s1. The normalized spacial score (nSPS) is 27.2. The van der Waals surface area contributed by atoms with Crippen molar-refractivity contribution in [3.05, 3.63) is 0 Å². The summed E-state index contributed by atoms with van der Waals surface area (Å²) < 4.78 is 5.30. The van der Waals surface area contributed by atoms with Gasteiger partial charge in [0.1, 0.15) is 5.60 Å². The van der Waals surface area contributed by atoms with Crippen molar-refractivity contribution in [3.8, 4) is 0 Å². The molecule has 4 heteroatoms. The first-order valence-corrected chi connectivity index (χ1v) is 5.95. The summed E-state index contributed by atoms with van der Waals surface area (Å²) in [4.78, 5) is 13.4. The van der Waals surface area contributed by atoms with Crippen LogP contribution in [0.25, 0.3) is 0 Å². The quantitative estimate of drug-likeness (QED) is 0.740. The Morgan fingerprint density at radius 2 is 2.12 bits per heavy atom. The Labute approximate surface area is 96.6 Å². The molecule has 1 saturated heterocycles. The summed E-state index contributed by atoms with van der Waals surface area (Å²) in [7, 11) is 0.